The summed E-state index contributed by atoms with van der Waals surface area (Å²) in [5, 5.41) is 6.41. The van der Waals surface area contributed by atoms with Crippen molar-refractivity contribution in [2.75, 3.05) is 0 Å². The summed E-state index contributed by atoms with van der Waals surface area (Å²) >= 11 is 0. The van der Waals surface area contributed by atoms with E-state index in [0.717, 1.165) is 19.3 Å². The Labute approximate surface area is 86.6 Å². The van der Waals surface area contributed by atoms with E-state index in [1.54, 1.807) is 0 Å². The summed E-state index contributed by atoms with van der Waals surface area (Å²) in [6.07, 6.45) is 5.54. The number of hydrogen-bond donors (Lipinski definition) is 2. The molecule has 2 unspecified atom stereocenters. The van der Waals surface area contributed by atoms with Crippen LogP contribution < -0.4 is 10.6 Å². The summed E-state index contributed by atoms with van der Waals surface area (Å²) in [5.74, 6) is 0.167. The van der Waals surface area contributed by atoms with Gasteiger partial charge in [0.05, 0.1) is 11.7 Å². The van der Waals surface area contributed by atoms with E-state index in [2.05, 4.69) is 24.5 Å². The number of hydrogen-bond acceptors (Lipinski definition) is 2. The van der Waals surface area contributed by atoms with Gasteiger partial charge in [0.1, 0.15) is 0 Å². The Hall–Kier alpha value is -0.570. The van der Waals surface area contributed by atoms with Crippen LogP contribution in [-0.4, -0.2) is 17.6 Å². The second-order valence-electron chi connectivity index (χ2n) is 4.39. The van der Waals surface area contributed by atoms with Crippen molar-refractivity contribution >= 4 is 5.91 Å². The molecule has 0 spiro atoms. The Bertz CT molecular complexity index is 205. The van der Waals surface area contributed by atoms with Crippen LogP contribution in [0.1, 0.15) is 52.9 Å². The van der Waals surface area contributed by atoms with Crippen LogP contribution in [-0.2, 0) is 4.79 Å². The summed E-state index contributed by atoms with van der Waals surface area (Å²) < 4.78 is 0. The van der Waals surface area contributed by atoms with E-state index >= 15 is 0 Å². The van der Waals surface area contributed by atoms with Crippen LogP contribution in [0.5, 0.6) is 0 Å². The summed E-state index contributed by atoms with van der Waals surface area (Å²) in [6, 6.07) is 0. The summed E-state index contributed by atoms with van der Waals surface area (Å²) in [6.45, 7) is 6.28. The Balaban J connectivity index is 2.46. The van der Waals surface area contributed by atoms with Gasteiger partial charge >= 0.3 is 0 Å². The fourth-order valence-corrected chi connectivity index (χ4v) is 2.04. The highest BCUT2D eigenvalue weighted by Crippen LogP contribution is 2.19. The van der Waals surface area contributed by atoms with E-state index in [-0.39, 0.29) is 17.6 Å². The Morgan fingerprint density at radius 1 is 1.36 bits per heavy atom. The topological polar surface area (TPSA) is 41.1 Å². The highest BCUT2D eigenvalue weighted by Gasteiger charge is 2.40. The van der Waals surface area contributed by atoms with Crippen molar-refractivity contribution in [3.63, 3.8) is 0 Å². The molecule has 1 aliphatic rings. The molecule has 14 heavy (non-hydrogen) atoms. The van der Waals surface area contributed by atoms with Crippen molar-refractivity contribution in [3.8, 4) is 0 Å². The number of amides is 1. The van der Waals surface area contributed by atoms with Gasteiger partial charge < -0.3 is 5.32 Å². The molecule has 82 valence electrons. The summed E-state index contributed by atoms with van der Waals surface area (Å²) in [7, 11) is 0. The summed E-state index contributed by atoms with van der Waals surface area (Å²) in [5.41, 5.74) is -0.326. The van der Waals surface area contributed by atoms with E-state index in [9.17, 15) is 4.79 Å². The summed E-state index contributed by atoms with van der Waals surface area (Å²) in [4.78, 5) is 11.7. The lowest BCUT2D eigenvalue weighted by Gasteiger charge is -2.21. The van der Waals surface area contributed by atoms with E-state index in [0.29, 0.717) is 0 Å². The maximum atomic E-state index is 11.7. The second-order valence-corrected chi connectivity index (χ2v) is 4.39. The molecule has 1 rings (SSSR count). The van der Waals surface area contributed by atoms with Crippen molar-refractivity contribution in [3.05, 3.63) is 0 Å². The van der Waals surface area contributed by atoms with E-state index in [1.807, 2.05) is 6.92 Å². The van der Waals surface area contributed by atoms with Crippen LogP contribution in [0.3, 0.4) is 0 Å². The van der Waals surface area contributed by atoms with Gasteiger partial charge in [-0.2, -0.15) is 0 Å². The first-order valence-electron chi connectivity index (χ1n) is 5.71. The van der Waals surface area contributed by atoms with Gasteiger partial charge in [0.15, 0.2) is 0 Å². The Kier molecular flexibility index (Phi) is 3.93. The smallest absolute Gasteiger partial charge is 0.241 e. The number of unbranched alkanes of at least 4 members (excludes halogenated alkanes) is 1. The van der Waals surface area contributed by atoms with Gasteiger partial charge in [-0.25, -0.2) is 0 Å². The molecule has 1 fully saturated rings. The minimum Gasteiger partial charge on any atom is -0.339 e. The molecule has 0 radical (unpaired) electrons. The molecule has 0 bridgehead atoms. The van der Waals surface area contributed by atoms with Gasteiger partial charge in [0, 0.05) is 0 Å². The maximum absolute atomic E-state index is 11.7. The first-order valence-corrected chi connectivity index (χ1v) is 5.71. The molecule has 1 aliphatic heterocycles. The van der Waals surface area contributed by atoms with Gasteiger partial charge in [-0.05, 0) is 19.8 Å². The van der Waals surface area contributed by atoms with Crippen LogP contribution in [0.4, 0.5) is 0 Å². The van der Waals surface area contributed by atoms with Crippen molar-refractivity contribution in [2.24, 2.45) is 0 Å². The number of carbonyl (C=O) groups excluding carboxylic acids is 1. The monoisotopic (exact) mass is 198 g/mol. The van der Waals surface area contributed by atoms with Crippen molar-refractivity contribution in [1.82, 2.24) is 10.6 Å². The normalized spacial score (nSPS) is 31.9. The molecule has 0 aromatic heterocycles. The van der Waals surface area contributed by atoms with E-state index in [1.165, 1.54) is 12.8 Å². The van der Waals surface area contributed by atoms with E-state index < -0.39 is 0 Å². The second kappa shape index (κ2) is 4.78. The maximum Gasteiger partial charge on any atom is 0.241 e. The largest absolute Gasteiger partial charge is 0.339 e. The number of carbonyl (C=O) groups is 1. The lowest BCUT2D eigenvalue weighted by Crippen LogP contribution is -2.44. The molecule has 3 nitrogen and oxygen atoms in total. The molecule has 3 heteroatoms. The average molecular weight is 198 g/mol. The third-order valence-electron chi connectivity index (χ3n) is 2.90. The van der Waals surface area contributed by atoms with E-state index in [4.69, 9.17) is 0 Å². The van der Waals surface area contributed by atoms with Gasteiger partial charge in [0.2, 0.25) is 5.91 Å². The van der Waals surface area contributed by atoms with Gasteiger partial charge in [-0.1, -0.05) is 33.1 Å². The fourth-order valence-electron chi connectivity index (χ4n) is 2.04. The molecule has 0 aromatic rings. The van der Waals surface area contributed by atoms with Gasteiger partial charge in [-0.3, -0.25) is 10.1 Å². The Morgan fingerprint density at radius 2 is 2.07 bits per heavy atom. The van der Waals surface area contributed by atoms with Crippen molar-refractivity contribution in [2.45, 2.75) is 64.6 Å². The minimum absolute atomic E-state index is 0.167. The predicted molar refractivity (Wildman–Crippen MR) is 57.9 cm³/mol. The molecule has 1 saturated heterocycles. The molecule has 1 amide bonds. The lowest BCUT2D eigenvalue weighted by atomic mass is 9.97. The third kappa shape index (κ3) is 2.47. The van der Waals surface area contributed by atoms with Crippen LogP contribution in [0.2, 0.25) is 0 Å². The Morgan fingerprint density at radius 3 is 2.64 bits per heavy atom. The lowest BCUT2D eigenvalue weighted by molar-refractivity contribution is -0.123. The molecule has 2 atom stereocenters. The van der Waals surface area contributed by atoms with Gasteiger partial charge in [0.25, 0.3) is 0 Å². The number of rotatable bonds is 5. The highest BCUT2D eigenvalue weighted by atomic mass is 16.2. The van der Waals surface area contributed by atoms with Crippen LogP contribution in [0.25, 0.3) is 0 Å². The van der Waals surface area contributed by atoms with Crippen LogP contribution in [0, 0.1) is 0 Å². The zero-order valence-electron chi connectivity index (χ0n) is 9.52. The zero-order valence-corrected chi connectivity index (χ0v) is 9.52. The predicted octanol–water partition coefficient (Wildman–Crippen LogP) is 1.78. The first kappa shape index (κ1) is 11.5. The molecule has 0 aliphatic carbocycles. The molecule has 0 saturated carbocycles. The molecule has 1 heterocycles. The van der Waals surface area contributed by atoms with Crippen LogP contribution in [0.15, 0.2) is 0 Å². The molecular weight excluding hydrogens is 176 g/mol. The number of nitrogens with one attached hydrogen (secondary N) is 2. The fraction of sp³-hybridized carbons (Fsp3) is 0.909. The SMILES string of the molecule is CCCCC1NC(=O)C(C)(CCC)N1. The third-order valence-corrected chi connectivity index (χ3v) is 2.90. The molecular formula is C11H22N2O. The quantitative estimate of drug-likeness (QED) is 0.707. The van der Waals surface area contributed by atoms with Crippen LogP contribution >= 0.6 is 0 Å². The van der Waals surface area contributed by atoms with Crippen molar-refractivity contribution < 1.29 is 4.79 Å². The molecule has 2 N–H and O–H groups in total. The average Bonchev–Trinajstić information content (AvgIpc) is 2.40. The molecule has 0 aromatic carbocycles. The zero-order chi connectivity index (χ0) is 10.6. The van der Waals surface area contributed by atoms with Gasteiger partial charge in [-0.15, -0.1) is 0 Å². The highest BCUT2D eigenvalue weighted by molar-refractivity contribution is 5.88. The standard InChI is InChI=1S/C11H22N2O/c1-4-6-7-9-12-10(14)11(3,13-9)8-5-2/h9,13H,4-8H2,1-3H3,(H,12,14). The van der Waals surface area contributed by atoms with Crippen molar-refractivity contribution in [1.29, 1.82) is 0 Å². The minimum atomic E-state index is -0.326. The first-order chi connectivity index (χ1) is 6.62.